The summed E-state index contributed by atoms with van der Waals surface area (Å²) in [5, 5.41) is 13.9. The maximum Gasteiger partial charge on any atom is 0.250 e. The van der Waals surface area contributed by atoms with E-state index in [1.54, 1.807) is 6.21 Å². The van der Waals surface area contributed by atoms with Gasteiger partial charge in [0.1, 0.15) is 5.75 Å². The van der Waals surface area contributed by atoms with E-state index in [1.165, 1.54) is 36.6 Å². The average molecular weight is 492 g/mol. The third-order valence-electron chi connectivity index (χ3n) is 6.00. The fourth-order valence-electron chi connectivity index (χ4n) is 4.15. The van der Waals surface area contributed by atoms with E-state index in [1.807, 2.05) is 24.3 Å². The fourth-order valence-corrected chi connectivity index (χ4v) is 4.95. The van der Waals surface area contributed by atoms with Crippen LogP contribution in [0.5, 0.6) is 5.75 Å². The minimum Gasteiger partial charge on any atom is -0.494 e. The van der Waals surface area contributed by atoms with E-state index in [0.717, 1.165) is 47.1 Å². The van der Waals surface area contributed by atoms with Crippen molar-refractivity contribution < 1.29 is 9.53 Å². The fraction of sp³-hybridized carbons (Fsp3) is 0.407. The molecular weight excluding hydrogens is 458 g/mol. The molecule has 1 saturated carbocycles. The van der Waals surface area contributed by atoms with E-state index in [-0.39, 0.29) is 11.7 Å². The highest BCUT2D eigenvalue weighted by Crippen LogP contribution is 2.35. The number of amides is 1. The van der Waals surface area contributed by atoms with Crippen LogP contribution in [0, 0.1) is 6.92 Å². The zero-order valence-electron chi connectivity index (χ0n) is 20.4. The molecule has 0 radical (unpaired) electrons. The number of nitrogens with zero attached hydrogens (tertiary/aromatic N) is 4. The van der Waals surface area contributed by atoms with Crippen LogP contribution in [0.1, 0.15) is 62.6 Å². The van der Waals surface area contributed by atoms with Gasteiger partial charge in [-0.2, -0.15) is 5.10 Å². The zero-order chi connectivity index (χ0) is 24.5. The number of rotatable bonds is 10. The third kappa shape index (κ3) is 6.94. The van der Waals surface area contributed by atoms with Gasteiger partial charge >= 0.3 is 0 Å². The van der Waals surface area contributed by atoms with Gasteiger partial charge in [-0.1, -0.05) is 67.8 Å². The first-order valence-corrected chi connectivity index (χ1v) is 13.3. The van der Waals surface area contributed by atoms with Gasteiger partial charge in [-0.25, -0.2) is 5.43 Å². The van der Waals surface area contributed by atoms with Crippen LogP contribution in [-0.4, -0.2) is 39.2 Å². The monoisotopic (exact) mass is 491 g/mol. The highest BCUT2D eigenvalue weighted by molar-refractivity contribution is 7.99. The summed E-state index contributed by atoms with van der Waals surface area (Å²) in [5.41, 5.74) is 5.77. The molecule has 0 spiro atoms. The molecule has 35 heavy (non-hydrogen) atoms. The van der Waals surface area contributed by atoms with Crippen LogP contribution >= 0.6 is 11.8 Å². The third-order valence-corrected chi connectivity index (χ3v) is 6.95. The number of thioether (sulfide) groups is 1. The molecule has 7 nitrogen and oxygen atoms in total. The van der Waals surface area contributed by atoms with Crippen molar-refractivity contribution in [3.63, 3.8) is 0 Å². The molecule has 1 fully saturated rings. The van der Waals surface area contributed by atoms with Gasteiger partial charge in [-0.15, -0.1) is 10.2 Å². The second-order valence-corrected chi connectivity index (χ2v) is 9.78. The lowest BCUT2D eigenvalue weighted by molar-refractivity contribution is -0.118. The van der Waals surface area contributed by atoms with Crippen LogP contribution in [0.2, 0.25) is 0 Å². The minimum absolute atomic E-state index is 0.177. The van der Waals surface area contributed by atoms with Crippen LogP contribution in [-0.2, 0) is 4.79 Å². The van der Waals surface area contributed by atoms with Crippen molar-refractivity contribution in [1.82, 2.24) is 20.2 Å². The lowest BCUT2D eigenvalue weighted by atomic mass is 9.95. The predicted octanol–water partition coefficient (Wildman–Crippen LogP) is 5.79. The summed E-state index contributed by atoms with van der Waals surface area (Å²) in [6.07, 6.45) is 8.52. The van der Waals surface area contributed by atoms with Crippen molar-refractivity contribution >= 4 is 23.9 Å². The van der Waals surface area contributed by atoms with Crippen molar-refractivity contribution in [2.24, 2.45) is 5.10 Å². The molecule has 1 heterocycles. The lowest BCUT2D eigenvalue weighted by Gasteiger charge is -2.25. The SMILES string of the molecule is CCCOc1ccc(/C=N\NC(=O)CSc2nnc(-c3ccc(C)cc3)n2C2CCCCC2)cc1. The van der Waals surface area contributed by atoms with Crippen molar-refractivity contribution in [2.75, 3.05) is 12.4 Å². The molecule has 1 aromatic heterocycles. The Hall–Kier alpha value is -3.13. The van der Waals surface area contributed by atoms with E-state index >= 15 is 0 Å². The highest BCUT2D eigenvalue weighted by atomic mass is 32.2. The summed E-state index contributed by atoms with van der Waals surface area (Å²) in [6.45, 7) is 4.85. The molecule has 2 aromatic carbocycles. The quantitative estimate of drug-likeness (QED) is 0.221. The minimum atomic E-state index is -0.177. The number of hydrazone groups is 1. The molecule has 3 aromatic rings. The van der Waals surface area contributed by atoms with E-state index in [4.69, 9.17) is 4.74 Å². The summed E-state index contributed by atoms with van der Waals surface area (Å²) in [7, 11) is 0. The first-order chi connectivity index (χ1) is 17.1. The molecule has 1 aliphatic carbocycles. The maximum atomic E-state index is 12.5. The van der Waals surface area contributed by atoms with Crippen molar-refractivity contribution in [2.45, 2.75) is 63.6 Å². The Morgan fingerprint density at radius 3 is 2.57 bits per heavy atom. The second kappa shape index (κ2) is 12.5. The molecule has 0 unspecified atom stereocenters. The highest BCUT2D eigenvalue weighted by Gasteiger charge is 2.24. The van der Waals surface area contributed by atoms with Crippen molar-refractivity contribution in [3.8, 4) is 17.1 Å². The molecule has 1 aliphatic rings. The van der Waals surface area contributed by atoms with Crippen molar-refractivity contribution in [1.29, 1.82) is 0 Å². The Morgan fingerprint density at radius 1 is 1.11 bits per heavy atom. The van der Waals surface area contributed by atoms with Crippen LogP contribution in [0.3, 0.4) is 0 Å². The molecule has 8 heteroatoms. The molecular formula is C27H33N5O2S. The van der Waals surface area contributed by atoms with E-state index in [9.17, 15) is 4.79 Å². The van der Waals surface area contributed by atoms with Gasteiger partial charge in [0.25, 0.3) is 5.91 Å². The Labute approximate surface area is 211 Å². The lowest BCUT2D eigenvalue weighted by Crippen LogP contribution is -2.20. The number of aryl methyl sites for hydroxylation is 1. The smallest absolute Gasteiger partial charge is 0.250 e. The van der Waals surface area contributed by atoms with Gasteiger partial charge in [-0.3, -0.25) is 9.36 Å². The molecule has 1 N–H and O–H groups in total. The van der Waals surface area contributed by atoms with Gasteiger partial charge in [0.05, 0.1) is 18.6 Å². The molecule has 1 amide bonds. The van der Waals surface area contributed by atoms with Gasteiger partial charge in [0.2, 0.25) is 0 Å². The van der Waals surface area contributed by atoms with Crippen LogP contribution < -0.4 is 10.2 Å². The average Bonchev–Trinajstić information content (AvgIpc) is 3.32. The predicted molar refractivity (Wildman–Crippen MR) is 141 cm³/mol. The Morgan fingerprint density at radius 2 is 1.86 bits per heavy atom. The molecule has 0 atom stereocenters. The molecule has 0 aliphatic heterocycles. The summed E-state index contributed by atoms with van der Waals surface area (Å²) in [6, 6.07) is 16.4. The molecule has 0 bridgehead atoms. The Kier molecular flexibility index (Phi) is 8.95. The molecule has 0 saturated heterocycles. The number of hydrogen-bond donors (Lipinski definition) is 1. The number of aromatic nitrogens is 3. The van der Waals surface area contributed by atoms with Crippen molar-refractivity contribution in [3.05, 3.63) is 59.7 Å². The topological polar surface area (TPSA) is 81.4 Å². The molecule has 4 rings (SSSR count). The number of nitrogens with one attached hydrogen (secondary N) is 1. The summed E-state index contributed by atoms with van der Waals surface area (Å²) >= 11 is 1.41. The van der Waals surface area contributed by atoms with E-state index in [0.29, 0.717) is 12.6 Å². The number of carbonyl (C=O) groups excluding carboxylic acids is 1. The first-order valence-electron chi connectivity index (χ1n) is 12.3. The first kappa shape index (κ1) is 25.0. The Bertz CT molecular complexity index is 1120. The van der Waals surface area contributed by atoms with Gasteiger partial charge < -0.3 is 4.74 Å². The second-order valence-electron chi connectivity index (χ2n) is 8.83. The van der Waals surface area contributed by atoms with E-state index < -0.39 is 0 Å². The number of ether oxygens (including phenoxy) is 1. The van der Waals surface area contributed by atoms with E-state index in [2.05, 4.69) is 63.4 Å². The number of carbonyl (C=O) groups is 1. The summed E-state index contributed by atoms with van der Waals surface area (Å²) in [5.74, 6) is 1.75. The van der Waals surface area contributed by atoms with Crippen LogP contribution in [0.15, 0.2) is 58.8 Å². The summed E-state index contributed by atoms with van der Waals surface area (Å²) in [4.78, 5) is 12.5. The van der Waals surface area contributed by atoms with Crippen LogP contribution in [0.25, 0.3) is 11.4 Å². The largest absolute Gasteiger partial charge is 0.494 e. The standard InChI is InChI=1S/C27H33N5O2S/c1-3-17-34-24-15-11-21(12-16-24)18-28-29-25(33)19-35-27-31-30-26(22-13-9-20(2)10-14-22)32(27)23-7-5-4-6-8-23/h9-16,18,23H,3-8,17,19H2,1-2H3,(H,29,33)/b28-18-. The Balaban J connectivity index is 1.38. The van der Waals surface area contributed by atoms with Gasteiger partial charge in [0, 0.05) is 11.6 Å². The number of hydrogen-bond acceptors (Lipinski definition) is 6. The van der Waals surface area contributed by atoms with Gasteiger partial charge in [0.15, 0.2) is 11.0 Å². The normalized spacial score (nSPS) is 14.3. The summed E-state index contributed by atoms with van der Waals surface area (Å²) < 4.78 is 7.83. The molecule has 184 valence electrons. The number of benzene rings is 2. The maximum absolute atomic E-state index is 12.5. The zero-order valence-corrected chi connectivity index (χ0v) is 21.3. The van der Waals surface area contributed by atoms with Crippen LogP contribution in [0.4, 0.5) is 0 Å². The van der Waals surface area contributed by atoms with Gasteiger partial charge in [-0.05, 0) is 56.0 Å².